The van der Waals surface area contributed by atoms with Gasteiger partial charge < -0.3 is 0 Å². The third-order valence-electron chi connectivity index (χ3n) is 7.61. The second-order valence-corrected chi connectivity index (χ2v) is 10.1. The van der Waals surface area contributed by atoms with Gasteiger partial charge >= 0.3 is 12.4 Å². The number of hydrogen-bond donors (Lipinski definition) is 0. The molecule has 0 atom stereocenters. The fourth-order valence-electron chi connectivity index (χ4n) is 5.64. The number of hydrogen-bond acceptors (Lipinski definition) is 6. The Morgan fingerprint density at radius 3 is 1.31 bits per heavy atom. The van der Waals surface area contributed by atoms with E-state index < -0.39 is 119 Å². The van der Waals surface area contributed by atoms with Gasteiger partial charge in [-0.2, -0.15) is 57.9 Å². The molecule has 0 unspecified atom stereocenters. The Bertz CT molecular complexity index is 2420. The number of rotatable bonds is 2. The van der Waals surface area contributed by atoms with Crippen LogP contribution in [0.15, 0.2) is 53.6 Å². The van der Waals surface area contributed by atoms with Crippen LogP contribution < -0.4 is 0 Å². The zero-order valence-electron chi connectivity index (χ0n) is 23.6. The van der Waals surface area contributed by atoms with Crippen LogP contribution in [0.4, 0.5) is 39.5 Å². The van der Waals surface area contributed by atoms with Crippen LogP contribution in [0.25, 0.3) is 33.4 Å². The van der Waals surface area contributed by atoms with Crippen molar-refractivity contribution in [2.24, 2.45) is 0 Å². The van der Waals surface area contributed by atoms with E-state index in [4.69, 9.17) is 0 Å². The van der Waals surface area contributed by atoms with E-state index in [1.54, 1.807) is 12.1 Å². The lowest BCUT2D eigenvalue weighted by molar-refractivity contribution is -0.138. The van der Waals surface area contributed by atoms with Crippen LogP contribution in [0.3, 0.4) is 0 Å². The van der Waals surface area contributed by atoms with Crippen LogP contribution >= 0.6 is 0 Å². The summed E-state index contributed by atoms with van der Waals surface area (Å²) < 4.78 is 127. The summed E-state index contributed by atoms with van der Waals surface area (Å²) in [6, 6.07) is 12.2. The van der Waals surface area contributed by atoms with Crippen LogP contribution in [0.5, 0.6) is 0 Å². The molecule has 2 aliphatic rings. The standard InChI is InChI=1S/C34H7F9N6/c35-24-5-16(33(38,39)40)1-3-18(24)28-22(12-48)20-7-21-26(14(8-44)9-45)29(19-4-2-17(6-25(19)36)34(41,42)43)23(13-49)30(21)32(37)31(20)27(28)15(10-46)11-47/h1-7H. The molecule has 3 aromatic rings. The van der Waals surface area contributed by atoms with Gasteiger partial charge in [0.2, 0.25) is 0 Å². The Kier molecular flexibility index (Phi) is 7.90. The number of alkyl halides is 6. The number of allylic oxidation sites excluding steroid dienone is 8. The summed E-state index contributed by atoms with van der Waals surface area (Å²) in [5.41, 5.74) is -13.1. The Morgan fingerprint density at radius 2 is 0.918 bits per heavy atom. The highest BCUT2D eigenvalue weighted by atomic mass is 19.4. The van der Waals surface area contributed by atoms with Crippen LogP contribution in [-0.2, 0) is 12.4 Å². The highest BCUT2D eigenvalue weighted by molar-refractivity contribution is 6.30. The maximum absolute atomic E-state index is 16.9. The van der Waals surface area contributed by atoms with E-state index in [9.17, 15) is 57.9 Å². The molecule has 0 aliphatic heterocycles. The molecule has 0 spiro atoms. The summed E-state index contributed by atoms with van der Waals surface area (Å²) in [7, 11) is 0. The van der Waals surface area contributed by atoms with E-state index in [0.717, 1.165) is 6.07 Å². The molecule has 0 fully saturated rings. The van der Waals surface area contributed by atoms with Gasteiger partial charge in [-0.3, -0.25) is 0 Å². The fourth-order valence-corrected chi connectivity index (χ4v) is 5.64. The number of fused-ring (bicyclic) bond motifs is 2. The molecule has 0 radical (unpaired) electrons. The molecule has 3 aromatic carbocycles. The van der Waals surface area contributed by atoms with E-state index in [1.165, 1.54) is 24.3 Å². The molecule has 0 saturated carbocycles. The molecule has 5 rings (SSSR count). The van der Waals surface area contributed by atoms with E-state index in [0.29, 0.717) is 24.3 Å². The minimum absolute atomic E-state index is 0.0705. The van der Waals surface area contributed by atoms with Crippen molar-refractivity contribution in [1.82, 2.24) is 0 Å². The van der Waals surface area contributed by atoms with E-state index in [1.807, 2.05) is 0 Å². The van der Waals surface area contributed by atoms with Gasteiger partial charge in [0.1, 0.15) is 65.0 Å². The highest BCUT2D eigenvalue weighted by Crippen LogP contribution is 2.56. The van der Waals surface area contributed by atoms with Crippen LogP contribution in [0.1, 0.15) is 44.5 Å². The molecule has 0 bridgehead atoms. The number of nitrogens with zero attached hydrogens (tertiary/aromatic N) is 6. The minimum Gasteiger partial charge on any atom is -0.206 e. The molecule has 15 heteroatoms. The number of halogens is 9. The summed E-state index contributed by atoms with van der Waals surface area (Å²) in [6.45, 7) is 0. The first-order valence-electron chi connectivity index (χ1n) is 13.1. The predicted octanol–water partition coefficient (Wildman–Crippen LogP) is 8.64. The van der Waals surface area contributed by atoms with E-state index in [2.05, 4.69) is 0 Å². The molecular formula is C34H7F9N6. The van der Waals surface area contributed by atoms with Gasteiger partial charge in [0.25, 0.3) is 0 Å². The molecule has 0 aromatic heterocycles. The first-order valence-corrected chi connectivity index (χ1v) is 13.1. The topological polar surface area (TPSA) is 143 Å². The van der Waals surface area contributed by atoms with Gasteiger partial charge in [0, 0.05) is 50.1 Å². The zero-order chi connectivity index (χ0) is 36.2. The second-order valence-electron chi connectivity index (χ2n) is 10.1. The van der Waals surface area contributed by atoms with Crippen LogP contribution in [0.2, 0.25) is 0 Å². The average Bonchev–Trinajstić information content (AvgIpc) is 3.54. The first-order chi connectivity index (χ1) is 23.1. The predicted molar refractivity (Wildman–Crippen MR) is 150 cm³/mol. The summed E-state index contributed by atoms with van der Waals surface area (Å²) in [6.07, 6.45) is -10.0. The third kappa shape index (κ3) is 5.04. The molecule has 0 heterocycles. The smallest absolute Gasteiger partial charge is 0.206 e. The normalized spacial score (nSPS) is 13.4. The van der Waals surface area contributed by atoms with Crippen LogP contribution in [-0.4, -0.2) is 0 Å². The Balaban J connectivity index is 1.94. The first kappa shape index (κ1) is 33.3. The van der Waals surface area contributed by atoms with Gasteiger partial charge in [-0.25, -0.2) is 13.2 Å². The quantitative estimate of drug-likeness (QED) is 0.197. The molecule has 236 valence electrons. The lowest BCUT2D eigenvalue weighted by Crippen LogP contribution is -2.06. The Hall–Kier alpha value is -7.07. The second kappa shape index (κ2) is 11.6. The van der Waals surface area contributed by atoms with E-state index >= 15 is 13.2 Å². The molecule has 2 aliphatic carbocycles. The Labute approximate surface area is 268 Å². The van der Waals surface area contributed by atoms with Crippen molar-refractivity contribution in [2.75, 3.05) is 0 Å². The van der Waals surface area contributed by atoms with Crippen molar-refractivity contribution in [3.05, 3.63) is 116 Å². The molecule has 0 amide bonds. The van der Waals surface area contributed by atoms with Crippen LogP contribution in [0, 0.1) is 85.4 Å². The number of nitriles is 6. The number of benzene rings is 3. The van der Waals surface area contributed by atoms with Gasteiger partial charge in [-0.15, -0.1) is 0 Å². The maximum Gasteiger partial charge on any atom is 0.416 e. The molecule has 49 heavy (non-hydrogen) atoms. The van der Waals surface area contributed by atoms with Crippen molar-refractivity contribution < 1.29 is 39.5 Å². The fraction of sp³-hybridized carbons (Fsp3) is 0.0588. The summed E-state index contributed by atoms with van der Waals surface area (Å²) >= 11 is 0. The maximum atomic E-state index is 16.9. The van der Waals surface area contributed by atoms with Gasteiger partial charge in [0.05, 0.1) is 22.3 Å². The highest BCUT2D eigenvalue weighted by Gasteiger charge is 2.42. The Morgan fingerprint density at radius 1 is 0.490 bits per heavy atom. The van der Waals surface area contributed by atoms with E-state index in [-0.39, 0.29) is 12.1 Å². The molecular weight excluding hydrogens is 663 g/mol. The lowest BCUT2D eigenvalue weighted by Gasteiger charge is -2.14. The van der Waals surface area contributed by atoms with Crippen molar-refractivity contribution in [3.8, 4) is 36.4 Å². The average molecular weight is 670 g/mol. The summed E-state index contributed by atoms with van der Waals surface area (Å²) in [5.74, 6) is -4.69. The molecule has 0 saturated heterocycles. The summed E-state index contributed by atoms with van der Waals surface area (Å²) in [4.78, 5) is 0. The largest absolute Gasteiger partial charge is 0.416 e. The van der Waals surface area contributed by atoms with Gasteiger partial charge in [0.15, 0.2) is 0 Å². The minimum atomic E-state index is -5.01. The van der Waals surface area contributed by atoms with Crippen molar-refractivity contribution in [2.45, 2.75) is 12.4 Å². The van der Waals surface area contributed by atoms with Gasteiger partial charge in [-0.1, -0.05) is 12.1 Å². The van der Waals surface area contributed by atoms with Gasteiger partial charge in [-0.05, 0) is 35.9 Å². The van der Waals surface area contributed by atoms with Crippen molar-refractivity contribution in [3.63, 3.8) is 0 Å². The SMILES string of the molecule is N#CC(C#N)=C1C(c2ccc(C(F)(F)F)cc2F)=C(C#N)c2c1cc1c(c2F)C(=C(C#N)C#N)C(c2ccc(C(F)(F)F)cc2F)=C1C#N. The third-order valence-corrected chi connectivity index (χ3v) is 7.61. The zero-order valence-corrected chi connectivity index (χ0v) is 23.6. The monoisotopic (exact) mass is 670 g/mol. The lowest BCUT2D eigenvalue weighted by atomic mass is 9.89. The molecule has 6 nitrogen and oxygen atoms in total. The molecule has 0 N–H and O–H groups in total. The summed E-state index contributed by atoms with van der Waals surface area (Å²) in [5, 5.41) is 59.4. The van der Waals surface area contributed by atoms with Crippen molar-refractivity contribution >= 4 is 33.4 Å². The van der Waals surface area contributed by atoms with Crippen molar-refractivity contribution in [1.29, 1.82) is 31.6 Å².